The molecule has 0 saturated carbocycles. The van der Waals surface area contributed by atoms with Gasteiger partial charge in [0, 0.05) is 24.3 Å². The summed E-state index contributed by atoms with van der Waals surface area (Å²) >= 11 is 0. The zero-order valence-electron chi connectivity index (χ0n) is 11.0. The van der Waals surface area contributed by atoms with E-state index in [4.69, 9.17) is 11.5 Å². The Labute approximate surface area is 111 Å². The van der Waals surface area contributed by atoms with Gasteiger partial charge in [-0.15, -0.1) is 0 Å². The number of hydrogen-bond donors (Lipinski definition) is 3. The molecule has 1 aromatic carbocycles. The number of aliphatic carboxylic acids is 1. The molecule has 1 heterocycles. The van der Waals surface area contributed by atoms with Gasteiger partial charge in [-0.2, -0.15) is 0 Å². The van der Waals surface area contributed by atoms with Crippen LogP contribution in [0.25, 0.3) is 10.9 Å². The quantitative estimate of drug-likeness (QED) is 0.708. The number of anilines is 1. The number of rotatable bonds is 5. The Morgan fingerprint density at radius 3 is 2.84 bits per heavy atom. The Kier molecular flexibility index (Phi) is 3.76. The van der Waals surface area contributed by atoms with Crippen molar-refractivity contribution in [2.45, 2.75) is 12.8 Å². The molecule has 0 radical (unpaired) electrons. The van der Waals surface area contributed by atoms with Crippen molar-refractivity contribution in [1.82, 2.24) is 4.57 Å². The maximum atomic E-state index is 11.2. The second-order valence-electron chi connectivity index (χ2n) is 4.86. The van der Waals surface area contributed by atoms with Crippen molar-refractivity contribution >= 4 is 22.6 Å². The van der Waals surface area contributed by atoms with Gasteiger partial charge in [0.2, 0.25) is 0 Å². The van der Waals surface area contributed by atoms with E-state index >= 15 is 0 Å². The molecule has 0 fully saturated rings. The zero-order valence-corrected chi connectivity index (χ0v) is 11.0. The summed E-state index contributed by atoms with van der Waals surface area (Å²) in [5.41, 5.74) is 14.0. The number of nitrogens with zero attached hydrogens (tertiary/aromatic N) is 1. The fourth-order valence-electron chi connectivity index (χ4n) is 2.43. The molecule has 0 bridgehead atoms. The second-order valence-corrected chi connectivity index (χ2v) is 4.86. The van der Waals surface area contributed by atoms with Gasteiger partial charge in [-0.3, -0.25) is 4.79 Å². The van der Waals surface area contributed by atoms with Gasteiger partial charge in [-0.05, 0) is 37.1 Å². The van der Waals surface area contributed by atoms with Crippen LogP contribution in [0.2, 0.25) is 0 Å². The van der Waals surface area contributed by atoms with Crippen molar-refractivity contribution in [3.05, 3.63) is 30.0 Å². The van der Waals surface area contributed by atoms with Gasteiger partial charge >= 0.3 is 5.97 Å². The van der Waals surface area contributed by atoms with Crippen molar-refractivity contribution in [1.29, 1.82) is 0 Å². The van der Waals surface area contributed by atoms with E-state index in [2.05, 4.69) is 0 Å². The summed E-state index contributed by atoms with van der Waals surface area (Å²) in [6, 6.07) is 5.68. The topological polar surface area (TPSA) is 94.3 Å². The van der Waals surface area contributed by atoms with E-state index < -0.39 is 11.9 Å². The van der Waals surface area contributed by atoms with Crippen LogP contribution in [0.3, 0.4) is 0 Å². The lowest BCUT2D eigenvalue weighted by atomic mass is 9.96. The van der Waals surface area contributed by atoms with Gasteiger partial charge in [0.1, 0.15) is 0 Å². The normalized spacial score (nSPS) is 12.7. The van der Waals surface area contributed by atoms with E-state index in [0.29, 0.717) is 25.1 Å². The fourth-order valence-corrected chi connectivity index (χ4v) is 2.43. The SMILES string of the molecule is Cn1cc(CC(CCN)C(=O)O)c2ccc(N)cc21. The van der Waals surface area contributed by atoms with Crippen molar-refractivity contribution in [3.8, 4) is 0 Å². The monoisotopic (exact) mass is 261 g/mol. The van der Waals surface area contributed by atoms with E-state index in [1.165, 1.54) is 0 Å². The third kappa shape index (κ3) is 2.71. The van der Waals surface area contributed by atoms with Gasteiger partial charge < -0.3 is 21.1 Å². The van der Waals surface area contributed by atoms with Gasteiger partial charge in [0.05, 0.1) is 11.4 Å². The molecule has 1 atom stereocenters. The van der Waals surface area contributed by atoms with Crippen LogP contribution in [-0.4, -0.2) is 22.2 Å². The predicted octanol–water partition coefficient (Wildman–Crippen LogP) is 1.35. The molecule has 0 aliphatic heterocycles. The van der Waals surface area contributed by atoms with Gasteiger partial charge in [0.15, 0.2) is 0 Å². The number of carboxylic acid groups (broad SMARTS) is 1. The predicted molar refractivity (Wildman–Crippen MR) is 75.8 cm³/mol. The van der Waals surface area contributed by atoms with Crippen LogP contribution in [0.4, 0.5) is 5.69 Å². The number of carboxylic acids is 1. The summed E-state index contributed by atoms with van der Waals surface area (Å²) < 4.78 is 1.97. The first-order chi connectivity index (χ1) is 9.02. The smallest absolute Gasteiger partial charge is 0.306 e. The van der Waals surface area contributed by atoms with Crippen molar-refractivity contribution in [2.24, 2.45) is 18.7 Å². The lowest BCUT2D eigenvalue weighted by Gasteiger charge is -2.10. The maximum Gasteiger partial charge on any atom is 0.306 e. The summed E-state index contributed by atoms with van der Waals surface area (Å²) in [4.78, 5) is 11.2. The third-order valence-corrected chi connectivity index (χ3v) is 3.43. The zero-order chi connectivity index (χ0) is 14.0. The van der Waals surface area contributed by atoms with E-state index in [0.717, 1.165) is 16.5 Å². The molecule has 5 N–H and O–H groups in total. The molecule has 5 nitrogen and oxygen atoms in total. The average molecular weight is 261 g/mol. The molecule has 0 spiro atoms. The van der Waals surface area contributed by atoms with Gasteiger partial charge in [0.25, 0.3) is 0 Å². The highest BCUT2D eigenvalue weighted by atomic mass is 16.4. The van der Waals surface area contributed by atoms with Crippen LogP contribution in [0.1, 0.15) is 12.0 Å². The number of nitrogen functional groups attached to an aromatic ring is 1. The number of hydrogen-bond acceptors (Lipinski definition) is 3. The molecule has 1 unspecified atom stereocenters. The van der Waals surface area contributed by atoms with E-state index in [1.807, 2.05) is 36.0 Å². The number of nitrogens with two attached hydrogens (primary N) is 2. The van der Waals surface area contributed by atoms with E-state index in [1.54, 1.807) is 0 Å². The molecule has 2 rings (SSSR count). The maximum absolute atomic E-state index is 11.2. The van der Waals surface area contributed by atoms with Gasteiger partial charge in [-0.25, -0.2) is 0 Å². The summed E-state index contributed by atoms with van der Waals surface area (Å²) in [6.45, 7) is 0.384. The van der Waals surface area contributed by atoms with Crippen molar-refractivity contribution in [3.63, 3.8) is 0 Å². The van der Waals surface area contributed by atoms with Gasteiger partial charge in [-0.1, -0.05) is 6.07 Å². The Morgan fingerprint density at radius 2 is 2.21 bits per heavy atom. The van der Waals surface area contributed by atoms with Crippen LogP contribution >= 0.6 is 0 Å². The van der Waals surface area contributed by atoms with Crippen LogP contribution in [-0.2, 0) is 18.3 Å². The Balaban J connectivity index is 2.37. The lowest BCUT2D eigenvalue weighted by molar-refractivity contribution is -0.141. The molecule has 1 aromatic heterocycles. The number of carbonyl (C=O) groups is 1. The molecule has 0 saturated heterocycles. The molecule has 2 aromatic rings. The lowest BCUT2D eigenvalue weighted by Crippen LogP contribution is -2.20. The van der Waals surface area contributed by atoms with Crippen LogP contribution < -0.4 is 11.5 Å². The first-order valence-electron chi connectivity index (χ1n) is 6.29. The summed E-state index contributed by atoms with van der Waals surface area (Å²) in [6.07, 6.45) is 2.95. The largest absolute Gasteiger partial charge is 0.481 e. The van der Waals surface area contributed by atoms with Crippen molar-refractivity contribution < 1.29 is 9.90 Å². The summed E-state index contributed by atoms with van der Waals surface area (Å²) in [7, 11) is 1.93. The van der Waals surface area contributed by atoms with Crippen molar-refractivity contribution in [2.75, 3.05) is 12.3 Å². The standard InChI is InChI=1S/C14H19N3O2/c1-17-8-10(6-9(4-5-15)14(18)19)12-3-2-11(16)7-13(12)17/h2-3,7-9H,4-6,15-16H2,1H3,(H,18,19). The first kappa shape index (κ1) is 13.4. The molecule has 0 aliphatic rings. The number of fused-ring (bicyclic) bond motifs is 1. The van der Waals surface area contributed by atoms with Crippen LogP contribution in [0.5, 0.6) is 0 Å². The Morgan fingerprint density at radius 1 is 1.47 bits per heavy atom. The fraction of sp³-hybridized carbons (Fsp3) is 0.357. The van der Waals surface area contributed by atoms with E-state index in [9.17, 15) is 9.90 Å². The molecule has 5 heteroatoms. The first-order valence-corrected chi connectivity index (χ1v) is 6.29. The minimum Gasteiger partial charge on any atom is -0.481 e. The molecule has 19 heavy (non-hydrogen) atoms. The molecular weight excluding hydrogens is 242 g/mol. The third-order valence-electron chi connectivity index (χ3n) is 3.43. The highest BCUT2D eigenvalue weighted by Crippen LogP contribution is 2.25. The number of aryl methyl sites for hydroxylation is 1. The highest BCUT2D eigenvalue weighted by molar-refractivity contribution is 5.87. The Bertz CT molecular complexity index is 604. The Hall–Kier alpha value is -2.01. The molecule has 0 aliphatic carbocycles. The number of aromatic nitrogens is 1. The minimum atomic E-state index is -0.794. The average Bonchev–Trinajstić information content (AvgIpc) is 2.65. The van der Waals surface area contributed by atoms with Crippen LogP contribution in [0.15, 0.2) is 24.4 Å². The second kappa shape index (κ2) is 5.32. The molecule has 102 valence electrons. The van der Waals surface area contributed by atoms with E-state index in [-0.39, 0.29) is 0 Å². The minimum absolute atomic E-state index is 0.384. The highest BCUT2D eigenvalue weighted by Gasteiger charge is 2.19. The number of benzene rings is 1. The summed E-state index contributed by atoms with van der Waals surface area (Å²) in [5.74, 6) is -1.23. The molecular formula is C14H19N3O2. The molecule has 0 amide bonds. The summed E-state index contributed by atoms with van der Waals surface area (Å²) in [5, 5.41) is 10.3. The van der Waals surface area contributed by atoms with Crippen LogP contribution in [0, 0.1) is 5.92 Å².